The maximum Gasteiger partial charge on any atom is 0.415 e. The zero-order valence-corrected chi connectivity index (χ0v) is 44.3. The lowest BCUT2D eigenvalue weighted by molar-refractivity contribution is -0.137. The van der Waals surface area contributed by atoms with Crippen molar-refractivity contribution in [3.05, 3.63) is 275 Å². The van der Waals surface area contributed by atoms with Crippen LogP contribution in [0.1, 0.15) is 27.8 Å². The normalized spacial score (nSPS) is 11.7. The highest BCUT2D eigenvalue weighted by molar-refractivity contribution is 6.14. The fourth-order valence-electron chi connectivity index (χ4n) is 11.7. The summed E-state index contributed by atoms with van der Waals surface area (Å²) in [6.45, 7) is 25.0. The van der Waals surface area contributed by atoms with Gasteiger partial charge in [0.05, 0.1) is 40.9 Å². The molecule has 0 aliphatic heterocycles. The Morgan fingerprint density at radius 3 is 1.04 bits per heavy atom. The molecule has 382 valence electrons. The number of nitrogens with zero attached hydrogens (tertiary/aromatic N) is 4. The predicted octanol–water partition coefficient (Wildman–Crippen LogP) is 21.2. The van der Waals surface area contributed by atoms with Crippen LogP contribution in [-0.2, 0) is 6.18 Å². The smallest absolute Gasteiger partial charge is 0.310 e. The van der Waals surface area contributed by atoms with E-state index in [-0.39, 0.29) is 5.69 Å². The highest BCUT2D eigenvalue weighted by Gasteiger charge is 2.31. The number of fused-ring (bicyclic) bond motifs is 6. The van der Waals surface area contributed by atoms with E-state index in [1.54, 1.807) is 0 Å². The molecule has 2 aromatic heterocycles. The van der Waals surface area contributed by atoms with Gasteiger partial charge in [-0.15, -0.1) is 0 Å². The Balaban J connectivity index is 1.12. The molecular weight excluding hydrogens is 990 g/mol. The Morgan fingerprint density at radius 2 is 0.675 bits per heavy atom. The van der Waals surface area contributed by atoms with Crippen molar-refractivity contribution in [2.24, 2.45) is 0 Å². The molecule has 80 heavy (non-hydrogen) atoms. The summed E-state index contributed by atoms with van der Waals surface area (Å²) in [5.41, 5.74) is 20.6. The Morgan fingerprint density at radius 1 is 0.325 bits per heavy atom. The first kappa shape index (κ1) is 49.4. The first-order valence-corrected chi connectivity index (χ1v) is 26.5. The number of rotatable bonds is 8. The van der Waals surface area contributed by atoms with Crippen LogP contribution in [0.3, 0.4) is 0 Å². The minimum Gasteiger partial charge on any atom is -0.310 e. The monoisotopic (exact) mass is 1040 g/mol. The number of benzene rings is 11. The molecule has 0 unspecified atom stereocenters. The molecule has 0 aliphatic carbocycles. The summed E-state index contributed by atoms with van der Waals surface area (Å²) >= 11 is 0. The molecule has 0 fully saturated rings. The minimum atomic E-state index is -4.63. The van der Waals surface area contributed by atoms with Crippen molar-refractivity contribution in [3.63, 3.8) is 0 Å². The van der Waals surface area contributed by atoms with E-state index in [1.165, 1.54) is 17.2 Å². The third-order valence-corrected chi connectivity index (χ3v) is 15.6. The number of hydrogen-bond donors (Lipinski definition) is 0. The van der Waals surface area contributed by atoms with Gasteiger partial charge in [-0.2, -0.15) is 13.2 Å². The highest BCUT2D eigenvalue weighted by atomic mass is 19.4. The van der Waals surface area contributed by atoms with Crippen LogP contribution >= 0.6 is 0 Å². The third-order valence-electron chi connectivity index (χ3n) is 15.6. The first-order chi connectivity index (χ1) is 38.8. The fourth-order valence-corrected chi connectivity index (χ4v) is 11.7. The quantitative estimate of drug-likeness (QED) is 0.135. The van der Waals surface area contributed by atoms with Crippen molar-refractivity contribution in [2.45, 2.75) is 33.9 Å². The number of aryl methyl sites for hydroxylation is 4. The van der Waals surface area contributed by atoms with E-state index in [0.717, 1.165) is 134 Å². The SMILES string of the molecule is [C-]#[N+]c1ccc(-c2ccc(-c3ccc(C(F)(F)F)cc3[N+]#[C-])cc2-n2c3ccc(-c4cccc(C)c4)cc3c3cc(-c4cccc(C)c4)ccc32)c(-n2c3ccc(-c4cccc(C)c4)cc3c3cc(-c4cccc(C)c4)ccc32)c1. The lowest BCUT2D eigenvalue weighted by Crippen LogP contribution is -2.04. The van der Waals surface area contributed by atoms with Gasteiger partial charge in [-0.1, -0.05) is 180 Å². The number of halogens is 3. The van der Waals surface area contributed by atoms with E-state index in [4.69, 9.17) is 13.1 Å². The molecule has 0 radical (unpaired) electrons. The van der Waals surface area contributed by atoms with Crippen LogP contribution in [0.5, 0.6) is 0 Å². The van der Waals surface area contributed by atoms with E-state index in [0.29, 0.717) is 16.8 Å². The van der Waals surface area contributed by atoms with E-state index in [9.17, 15) is 13.2 Å². The van der Waals surface area contributed by atoms with Gasteiger partial charge in [-0.25, -0.2) is 9.69 Å². The van der Waals surface area contributed by atoms with Crippen LogP contribution in [-0.4, -0.2) is 9.13 Å². The zero-order valence-electron chi connectivity index (χ0n) is 44.3. The number of aromatic nitrogens is 2. The lowest BCUT2D eigenvalue weighted by atomic mass is 9.95. The Bertz CT molecular complexity index is 4580. The van der Waals surface area contributed by atoms with Gasteiger partial charge in [0.25, 0.3) is 0 Å². The molecule has 7 heteroatoms. The Labute approximate surface area is 462 Å². The standard InChI is InChI=1S/C73H49F3N4/c1-44-11-7-15-48(33-44)52-20-29-67-62(37-52)63-38-53(49-16-8-12-45(2)34-49)21-30-68(63)79(67)71-41-56(59-27-24-57(73(74,75)76)42-66(59)78-6)19-26-60(71)61-28-25-58(77-5)43-72(61)80-69-31-22-54(50-17-9-13-46(3)35-50)39-64(69)65-40-55(23-32-70(65)80)51-18-10-14-47(4)36-51/h7-43H,1-4H3. The second-order valence-corrected chi connectivity index (χ2v) is 21.0. The summed E-state index contributed by atoms with van der Waals surface area (Å²) in [6, 6.07) is 75.5. The number of hydrogen-bond acceptors (Lipinski definition) is 0. The summed E-state index contributed by atoms with van der Waals surface area (Å²) in [7, 11) is 0. The summed E-state index contributed by atoms with van der Waals surface area (Å²) in [6.07, 6.45) is -4.63. The van der Waals surface area contributed by atoms with Gasteiger partial charge in [-0.05, 0) is 150 Å². The summed E-state index contributed by atoms with van der Waals surface area (Å²) in [5, 5.41) is 4.13. The molecule has 4 nitrogen and oxygen atoms in total. The molecule has 0 N–H and O–H groups in total. The van der Waals surface area contributed by atoms with E-state index >= 15 is 0 Å². The molecule has 0 atom stereocenters. The van der Waals surface area contributed by atoms with Crippen molar-refractivity contribution >= 4 is 55.0 Å². The van der Waals surface area contributed by atoms with Gasteiger partial charge in [-0.3, -0.25) is 0 Å². The van der Waals surface area contributed by atoms with E-state index < -0.39 is 11.7 Å². The van der Waals surface area contributed by atoms with Gasteiger partial charge in [0, 0.05) is 43.9 Å². The minimum absolute atomic E-state index is 0.103. The molecule has 13 aromatic rings. The van der Waals surface area contributed by atoms with Crippen molar-refractivity contribution in [1.29, 1.82) is 0 Å². The maximum atomic E-state index is 14.2. The molecule has 13 rings (SSSR count). The van der Waals surface area contributed by atoms with Gasteiger partial charge in [0.1, 0.15) is 0 Å². The second kappa shape index (κ2) is 19.4. The third kappa shape index (κ3) is 8.67. The molecule has 0 saturated heterocycles. The van der Waals surface area contributed by atoms with Gasteiger partial charge in [0.15, 0.2) is 11.4 Å². The van der Waals surface area contributed by atoms with Crippen LogP contribution in [0.4, 0.5) is 24.5 Å². The molecule has 0 amide bonds. The largest absolute Gasteiger partial charge is 0.415 e. The molecule has 0 saturated carbocycles. The van der Waals surface area contributed by atoms with Crippen molar-refractivity contribution in [1.82, 2.24) is 9.13 Å². The summed E-state index contributed by atoms with van der Waals surface area (Å²) in [5.74, 6) is 0. The summed E-state index contributed by atoms with van der Waals surface area (Å²) in [4.78, 5) is 7.69. The second-order valence-electron chi connectivity index (χ2n) is 21.0. The topological polar surface area (TPSA) is 18.6 Å². The van der Waals surface area contributed by atoms with Gasteiger partial charge >= 0.3 is 6.18 Å². The van der Waals surface area contributed by atoms with Crippen molar-refractivity contribution in [2.75, 3.05) is 0 Å². The van der Waals surface area contributed by atoms with Crippen LogP contribution < -0.4 is 0 Å². The predicted molar refractivity (Wildman–Crippen MR) is 324 cm³/mol. The van der Waals surface area contributed by atoms with E-state index in [1.807, 2.05) is 36.4 Å². The Hall–Kier alpha value is -10.2. The van der Waals surface area contributed by atoms with Gasteiger partial charge < -0.3 is 9.13 Å². The molecule has 11 aromatic carbocycles. The van der Waals surface area contributed by atoms with Crippen LogP contribution in [0.25, 0.3) is 131 Å². The molecule has 0 aliphatic rings. The zero-order chi connectivity index (χ0) is 55.0. The van der Waals surface area contributed by atoms with Crippen LogP contribution in [0.15, 0.2) is 224 Å². The lowest BCUT2D eigenvalue weighted by Gasteiger charge is -2.21. The summed E-state index contributed by atoms with van der Waals surface area (Å²) < 4.78 is 47.2. The first-order valence-electron chi connectivity index (χ1n) is 26.5. The number of alkyl halides is 3. The van der Waals surface area contributed by atoms with Crippen molar-refractivity contribution in [3.8, 4) is 78.1 Å². The molecule has 2 heterocycles. The molecule has 0 spiro atoms. The van der Waals surface area contributed by atoms with Crippen LogP contribution in [0, 0.1) is 40.8 Å². The van der Waals surface area contributed by atoms with E-state index in [2.05, 4.69) is 216 Å². The average molecular weight is 1040 g/mol. The average Bonchev–Trinajstić information content (AvgIpc) is 4.17. The van der Waals surface area contributed by atoms with Crippen LogP contribution in [0.2, 0.25) is 0 Å². The molecule has 0 bridgehead atoms. The van der Waals surface area contributed by atoms with Gasteiger partial charge in [0.2, 0.25) is 0 Å². The molecular formula is C73H49F3N4. The maximum absolute atomic E-state index is 14.2. The highest BCUT2D eigenvalue weighted by Crippen LogP contribution is 2.47. The fraction of sp³-hybridized carbons (Fsp3) is 0.0685. The van der Waals surface area contributed by atoms with Crippen molar-refractivity contribution < 1.29 is 13.2 Å². The Kier molecular flexibility index (Phi) is 11.9.